The molecule has 0 saturated heterocycles. The molecule has 1 heterocycles. The largest absolute Gasteiger partial charge is 0.491 e. The normalized spacial score (nSPS) is 13.9. The van der Waals surface area contributed by atoms with Gasteiger partial charge in [0.2, 0.25) is 0 Å². The number of hydrogen-bond donors (Lipinski definition) is 2. The molecule has 0 spiro atoms. The van der Waals surface area contributed by atoms with Gasteiger partial charge in [0.25, 0.3) is 0 Å². The van der Waals surface area contributed by atoms with Gasteiger partial charge in [0.15, 0.2) is 0 Å². The summed E-state index contributed by atoms with van der Waals surface area (Å²) in [6, 6.07) is 9.81. The van der Waals surface area contributed by atoms with Gasteiger partial charge in [-0.05, 0) is 49.1 Å². The molecule has 0 fully saturated rings. The van der Waals surface area contributed by atoms with E-state index >= 15 is 0 Å². The van der Waals surface area contributed by atoms with Crippen LogP contribution in [0.25, 0.3) is 0 Å². The van der Waals surface area contributed by atoms with Crippen molar-refractivity contribution in [1.82, 2.24) is 5.32 Å². The molecule has 2 rings (SSSR count). The fraction of sp³-hybridized carbons (Fsp3) is 0.375. The molecule has 21 heavy (non-hydrogen) atoms. The van der Waals surface area contributed by atoms with E-state index in [0.717, 1.165) is 11.3 Å². The fourth-order valence-electron chi connectivity index (χ4n) is 1.97. The van der Waals surface area contributed by atoms with Crippen molar-refractivity contribution in [3.05, 3.63) is 51.2 Å². The molecule has 2 aromatic rings. The Morgan fingerprint density at radius 3 is 2.86 bits per heavy atom. The SMILES string of the molecule is Cc1cc(Cl)ccc1OCC(O)CNC(C)c1cccs1. The van der Waals surface area contributed by atoms with Crippen LogP contribution in [0.4, 0.5) is 0 Å². The smallest absolute Gasteiger partial charge is 0.122 e. The maximum atomic E-state index is 9.99. The van der Waals surface area contributed by atoms with Crippen LogP contribution in [0.15, 0.2) is 35.7 Å². The zero-order chi connectivity index (χ0) is 15.2. The first kappa shape index (κ1) is 16.3. The van der Waals surface area contributed by atoms with Gasteiger partial charge in [-0.3, -0.25) is 0 Å². The Balaban J connectivity index is 1.75. The van der Waals surface area contributed by atoms with Crippen molar-refractivity contribution in [3.63, 3.8) is 0 Å². The third kappa shape index (κ3) is 5.00. The Labute approximate surface area is 134 Å². The molecular weight excluding hydrogens is 306 g/mol. The van der Waals surface area contributed by atoms with E-state index in [9.17, 15) is 5.11 Å². The van der Waals surface area contributed by atoms with Crippen LogP contribution in [0.1, 0.15) is 23.4 Å². The van der Waals surface area contributed by atoms with Crippen molar-refractivity contribution in [2.75, 3.05) is 13.2 Å². The zero-order valence-corrected chi connectivity index (χ0v) is 13.7. The molecule has 0 aliphatic carbocycles. The molecule has 0 radical (unpaired) electrons. The van der Waals surface area contributed by atoms with Gasteiger partial charge >= 0.3 is 0 Å². The highest BCUT2D eigenvalue weighted by atomic mass is 35.5. The molecule has 3 nitrogen and oxygen atoms in total. The summed E-state index contributed by atoms with van der Waals surface area (Å²) in [6.45, 7) is 4.77. The predicted octanol–water partition coefficient (Wildman–Crippen LogP) is 3.80. The number of rotatable bonds is 7. The summed E-state index contributed by atoms with van der Waals surface area (Å²) in [5.41, 5.74) is 0.967. The lowest BCUT2D eigenvalue weighted by atomic mass is 10.2. The number of aliphatic hydroxyl groups is 1. The Morgan fingerprint density at radius 1 is 1.38 bits per heavy atom. The van der Waals surface area contributed by atoms with Crippen molar-refractivity contribution >= 4 is 22.9 Å². The van der Waals surface area contributed by atoms with Crippen molar-refractivity contribution in [2.24, 2.45) is 0 Å². The second kappa shape index (κ2) is 7.80. The van der Waals surface area contributed by atoms with Gasteiger partial charge in [0, 0.05) is 22.5 Å². The van der Waals surface area contributed by atoms with E-state index in [1.807, 2.05) is 25.1 Å². The van der Waals surface area contributed by atoms with Crippen LogP contribution in [0, 0.1) is 6.92 Å². The standard InChI is InChI=1S/C16H20ClNO2S/c1-11-8-13(17)5-6-15(11)20-10-14(19)9-18-12(2)16-4-3-7-21-16/h3-8,12,14,18-19H,9-10H2,1-2H3. The highest BCUT2D eigenvalue weighted by molar-refractivity contribution is 7.10. The summed E-state index contributed by atoms with van der Waals surface area (Å²) in [5, 5.41) is 16.0. The van der Waals surface area contributed by atoms with E-state index in [1.54, 1.807) is 17.4 Å². The third-order valence-corrected chi connectivity index (χ3v) is 4.49. The average Bonchev–Trinajstić information content (AvgIpc) is 2.98. The summed E-state index contributed by atoms with van der Waals surface area (Å²) in [4.78, 5) is 1.26. The van der Waals surface area contributed by atoms with Crippen LogP contribution in [0.3, 0.4) is 0 Å². The summed E-state index contributed by atoms with van der Waals surface area (Å²) < 4.78 is 5.63. The summed E-state index contributed by atoms with van der Waals surface area (Å²) in [7, 11) is 0. The molecule has 1 aromatic carbocycles. The van der Waals surface area contributed by atoms with Gasteiger partial charge in [-0.1, -0.05) is 17.7 Å². The molecule has 0 aliphatic rings. The van der Waals surface area contributed by atoms with Crippen molar-refractivity contribution in [3.8, 4) is 5.75 Å². The minimum absolute atomic E-state index is 0.233. The van der Waals surface area contributed by atoms with Crippen LogP contribution in [0.5, 0.6) is 5.75 Å². The lowest BCUT2D eigenvalue weighted by molar-refractivity contribution is 0.104. The molecule has 2 unspecified atom stereocenters. The molecule has 2 atom stereocenters. The second-order valence-electron chi connectivity index (χ2n) is 5.02. The van der Waals surface area contributed by atoms with Crippen molar-refractivity contribution < 1.29 is 9.84 Å². The van der Waals surface area contributed by atoms with Gasteiger partial charge in [-0.15, -0.1) is 11.3 Å². The van der Waals surface area contributed by atoms with Gasteiger partial charge in [-0.25, -0.2) is 0 Å². The van der Waals surface area contributed by atoms with Gasteiger partial charge < -0.3 is 15.2 Å². The van der Waals surface area contributed by atoms with Crippen LogP contribution >= 0.6 is 22.9 Å². The number of hydrogen-bond acceptors (Lipinski definition) is 4. The summed E-state index contributed by atoms with van der Waals surface area (Å²) in [5.74, 6) is 0.754. The van der Waals surface area contributed by atoms with E-state index in [4.69, 9.17) is 16.3 Å². The van der Waals surface area contributed by atoms with Crippen molar-refractivity contribution in [2.45, 2.75) is 26.0 Å². The van der Waals surface area contributed by atoms with Crippen LogP contribution in [0.2, 0.25) is 5.02 Å². The van der Waals surface area contributed by atoms with Crippen molar-refractivity contribution in [1.29, 1.82) is 0 Å². The monoisotopic (exact) mass is 325 g/mol. The predicted molar refractivity (Wildman–Crippen MR) is 88.4 cm³/mol. The Kier molecular flexibility index (Phi) is 6.06. The van der Waals surface area contributed by atoms with Gasteiger partial charge in [0.1, 0.15) is 18.5 Å². The van der Waals surface area contributed by atoms with Gasteiger partial charge in [-0.2, -0.15) is 0 Å². The average molecular weight is 326 g/mol. The first-order chi connectivity index (χ1) is 10.1. The Hall–Kier alpha value is -1.07. The Morgan fingerprint density at radius 2 is 2.19 bits per heavy atom. The number of thiophene rings is 1. The van der Waals surface area contributed by atoms with Crippen LogP contribution in [-0.4, -0.2) is 24.4 Å². The molecule has 0 bridgehead atoms. The molecule has 0 aliphatic heterocycles. The number of benzene rings is 1. The molecule has 2 N–H and O–H groups in total. The van der Waals surface area contributed by atoms with Gasteiger partial charge in [0.05, 0.1) is 0 Å². The Bertz CT molecular complexity index is 559. The van der Waals surface area contributed by atoms with E-state index < -0.39 is 6.10 Å². The summed E-state index contributed by atoms with van der Waals surface area (Å²) >= 11 is 7.61. The fourth-order valence-corrected chi connectivity index (χ4v) is 2.96. The third-order valence-electron chi connectivity index (χ3n) is 3.20. The molecule has 0 saturated carbocycles. The molecule has 1 aromatic heterocycles. The molecular formula is C16H20ClNO2S. The van der Waals surface area contributed by atoms with E-state index in [2.05, 4.69) is 23.7 Å². The zero-order valence-electron chi connectivity index (χ0n) is 12.2. The number of halogens is 1. The van der Waals surface area contributed by atoms with E-state index in [-0.39, 0.29) is 12.6 Å². The maximum Gasteiger partial charge on any atom is 0.122 e. The number of ether oxygens (including phenoxy) is 1. The topological polar surface area (TPSA) is 41.5 Å². The minimum atomic E-state index is -0.553. The molecule has 0 amide bonds. The highest BCUT2D eigenvalue weighted by Gasteiger charge is 2.10. The quantitative estimate of drug-likeness (QED) is 0.813. The maximum absolute atomic E-state index is 9.99. The first-order valence-corrected chi connectivity index (χ1v) is 8.16. The second-order valence-corrected chi connectivity index (χ2v) is 6.44. The summed E-state index contributed by atoms with van der Waals surface area (Å²) in [6.07, 6.45) is -0.553. The van der Waals surface area contributed by atoms with E-state index in [1.165, 1.54) is 4.88 Å². The number of aryl methyl sites for hydroxylation is 1. The lowest BCUT2D eigenvalue weighted by Crippen LogP contribution is -2.32. The van der Waals surface area contributed by atoms with Crippen LogP contribution < -0.4 is 10.1 Å². The number of aliphatic hydroxyl groups excluding tert-OH is 1. The molecule has 114 valence electrons. The van der Waals surface area contributed by atoms with Crippen LogP contribution in [-0.2, 0) is 0 Å². The first-order valence-electron chi connectivity index (χ1n) is 6.90. The molecule has 5 heteroatoms. The number of nitrogens with one attached hydrogen (secondary N) is 1. The minimum Gasteiger partial charge on any atom is -0.491 e. The lowest BCUT2D eigenvalue weighted by Gasteiger charge is -2.17. The van der Waals surface area contributed by atoms with E-state index in [0.29, 0.717) is 11.6 Å². The highest BCUT2D eigenvalue weighted by Crippen LogP contribution is 2.22.